The van der Waals surface area contributed by atoms with Gasteiger partial charge in [0.15, 0.2) is 0 Å². The van der Waals surface area contributed by atoms with E-state index in [0.29, 0.717) is 23.6 Å². The Morgan fingerprint density at radius 2 is 1.97 bits per heavy atom. The van der Waals surface area contributed by atoms with Crippen LogP contribution in [0.2, 0.25) is 5.02 Å². The highest BCUT2D eigenvalue weighted by Crippen LogP contribution is 2.65. The number of anilines is 1. The molecule has 3 heterocycles. The van der Waals surface area contributed by atoms with Gasteiger partial charge in [0.2, 0.25) is 5.91 Å². The highest BCUT2D eigenvalue weighted by Gasteiger charge is 2.80. The van der Waals surface area contributed by atoms with Gasteiger partial charge in [0.25, 0.3) is 5.91 Å². The fourth-order valence-electron chi connectivity index (χ4n) is 6.75. The first-order valence-electron chi connectivity index (χ1n) is 13.7. The van der Waals surface area contributed by atoms with Crippen LogP contribution in [-0.2, 0) is 23.9 Å². The number of nitrogens with zero attached hydrogens (tertiary/aromatic N) is 2. The van der Waals surface area contributed by atoms with Crippen molar-refractivity contribution in [3.63, 3.8) is 0 Å². The van der Waals surface area contributed by atoms with Crippen LogP contribution in [0.3, 0.4) is 0 Å². The number of hydrogen-bond donors (Lipinski definition) is 1. The molecule has 212 valence electrons. The number of ether oxygens (including phenoxy) is 2. The van der Waals surface area contributed by atoms with Gasteiger partial charge in [-0.25, -0.2) is 0 Å². The van der Waals surface area contributed by atoms with Crippen LogP contribution >= 0.6 is 11.6 Å². The lowest BCUT2D eigenvalue weighted by Crippen LogP contribution is -2.58. The number of unbranched alkanes of at least 4 members (excludes halogenated alkanes) is 2. The Bertz CT molecular complexity index is 1120. The summed E-state index contributed by atoms with van der Waals surface area (Å²) >= 11 is 6.09. The van der Waals surface area contributed by atoms with Gasteiger partial charge in [-0.2, -0.15) is 0 Å². The molecule has 4 rings (SSSR count). The first kappa shape index (κ1) is 29.3. The molecule has 3 fully saturated rings. The Balaban J connectivity index is 1.74. The van der Waals surface area contributed by atoms with Gasteiger partial charge in [-0.1, -0.05) is 30.7 Å². The third-order valence-corrected chi connectivity index (χ3v) is 8.99. The molecule has 0 saturated carbocycles. The molecule has 0 aliphatic carbocycles. The van der Waals surface area contributed by atoms with E-state index in [0.717, 1.165) is 12.8 Å². The van der Waals surface area contributed by atoms with Crippen molar-refractivity contribution in [2.24, 2.45) is 17.8 Å². The van der Waals surface area contributed by atoms with Gasteiger partial charge in [0.05, 0.1) is 30.8 Å². The summed E-state index contributed by atoms with van der Waals surface area (Å²) in [6, 6.07) is 5.15. The number of aliphatic hydroxyl groups is 1. The molecule has 0 aromatic heterocycles. The van der Waals surface area contributed by atoms with Crippen molar-refractivity contribution in [2.75, 3.05) is 24.7 Å². The first-order chi connectivity index (χ1) is 18.6. The van der Waals surface area contributed by atoms with E-state index in [1.165, 1.54) is 4.90 Å². The topological polar surface area (TPSA) is 96.4 Å². The Kier molecular flexibility index (Phi) is 8.59. The zero-order valence-corrected chi connectivity index (χ0v) is 23.7. The average molecular weight is 559 g/mol. The predicted octanol–water partition coefficient (Wildman–Crippen LogP) is 4.15. The van der Waals surface area contributed by atoms with Gasteiger partial charge in [0.1, 0.15) is 17.6 Å². The number of allylic oxidation sites excluding steroid dienone is 1. The third-order valence-electron chi connectivity index (χ3n) is 8.74. The average Bonchev–Trinajstić information content (AvgIpc) is 3.43. The second kappa shape index (κ2) is 11.4. The molecular weight excluding hydrogens is 520 g/mol. The van der Waals surface area contributed by atoms with Crippen molar-refractivity contribution < 1.29 is 29.0 Å². The second-order valence-electron chi connectivity index (χ2n) is 11.1. The fourth-order valence-corrected chi connectivity index (χ4v) is 6.88. The molecule has 1 spiro atoms. The molecule has 8 nitrogen and oxygen atoms in total. The van der Waals surface area contributed by atoms with Gasteiger partial charge in [-0.3, -0.25) is 14.4 Å². The summed E-state index contributed by atoms with van der Waals surface area (Å²) in [5, 5.41) is 10.6. The van der Waals surface area contributed by atoms with Gasteiger partial charge < -0.3 is 24.4 Å². The summed E-state index contributed by atoms with van der Waals surface area (Å²) in [7, 11) is 0. The molecule has 2 bridgehead atoms. The molecule has 39 heavy (non-hydrogen) atoms. The summed E-state index contributed by atoms with van der Waals surface area (Å²) in [5.41, 5.74) is -1.60. The van der Waals surface area contributed by atoms with E-state index in [1.54, 1.807) is 42.2 Å². The highest BCUT2D eigenvalue weighted by atomic mass is 35.5. The normalized spacial score (nSPS) is 31.6. The summed E-state index contributed by atoms with van der Waals surface area (Å²) in [5.74, 6) is -3.06. The monoisotopic (exact) mass is 558 g/mol. The van der Waals surface area contributed by atoms with Crippen LogP contribution in [0, 0.1) is 17.8 Å². The molecule has 3 saturated heterocycles. The van der Waals surface area contributed by atoms with E-state index in [2.05, 4.69) is 13.2 Å². The van der Waals surface area contributed by atoms with Crippen LogP contribution in [0.4, 0.5) is 5.69 Å². The van der Waals surface area contributed by atoms with Crippen molar-refractivity contribution in [2.45, 2.75) is 69.7 Å². The van der Waals surface area contributed by atoms with Crippen LogP contribution in [0.1, 0.15) is 46.5 Å². The number of fused-ring (bicyclic) bond motifs is 1. The highest BCUT2D eigenvalue weighted by molar-refractivity contribution is 6.30. The lowest BCUT2D eigenvalue weighted by atomic mass is 9.62. The summed E-state index contributed by atoms with van der Waals surface area (Å²) in [4.78, 5) is 45.1. The minimum atomic E-state index is -1.23. The Hall–Kier alpha value is -2.68. The lowest BCUT2D eigenvalue weighted by Gasteiger charge is -2.38. The van der Waals surface area contributed by atoms with Gasteiger partial charge >= 0.3 is 5.97 Å². The van der Waals surface area contributed by atoms with Crippen LogP contribution in [0.5, 0.6) is 0 Å². The van der Waals surface area contributed by atoms with Gasteiger partial charge in [-0.05, 0) is 69.7 Å². The number of carbonyl (C=O) groups is 3. The zero-order valence-electron chi connectivity index (χ0n) is 23.0. The smallest absolute Gasteiger partial charge is 0.312 e. The summed E-state index contributed by atoms with van der Waals surface area (Å²) in [6.45, 7) is 13.2. The van der Waals surface area contributed by atoms with Gasteiger partial charge in [-0.15, -0.1) is 13.2 Å². The number of esters is 1. The molecule has 7 atom stereocenters. The maximum atomic E-state index is 14.4. The quantitative estimate of drug-likeness (QED) is 0.235. The zero-order chi connectivity index (χ0) is 28.5. The Morgan fingerprint density at radius 3 is 2.59 bits per heavy atom. The molecule has 1 N–H and O–H groups in total. The molecule has 3 unspecified atom stereocenters. The molecule has 9 heteroatoms. The van der Waals surface area contributed by atoms with Crippen LogP contribution < -0.4 is 4.90 Å². The van der Waals surface area contributed by atoms with Crippen molar-refractivity contribution in [3.8, 4) is 0 Å². The molecule has 2 amide bonds. The number of halogens is 1. The van der Waals surface area contributed by atoms with E-state index >= 15 is 0 Å². The number of benzene rings is 1. The van der Waals surface area contributed by atoms with E-state index in [-0.39, 0.29) is 37.5 Å². The van der Waals surface area contributed by atoms with Crippen molar-refractivity contribution >= 4 is 35.1 Å². The molecule has 3 aliphatic rings. The minimum absolute atomic E-state index is 0.108. The maximum Gasteiger partial charge on any atom is 0.312 e. The Morgan fingerprint density at radius 1 is 1.28 bits per heavy atom. The largest absolute Gasteiger partial charge is 0.465 e. The van der Waals surface area contributed by atoms with E-state index in [1.807, 2.05) is 19.9 Å². The molecular formula is C30H39ClN2O6. The summed E-state index contributed by atoms with van der Waals surface area (Å²) in [6.07, 6.45) is 6.23. The first-order valence-corrected chi connectivity index (χ1v) is 14.0. The Labute approximate surface area is 235 Å². The maximum absolute atomic E-state index is 14.4. The van der Waals surface area contributed by atoms with Gasteiger partial charge in [0, 0.05) is 17.3 Å². The summed E-state index contributed by atoms with van der Waals surface area (Å²) < 4.78 is 12.4. The standard InChI is InChI=1S/C30H39ClN2O6/c1-6-8-9-10-16-38-28(37)24-23-26(35)33(20(4)18-34)25(30(23)17-19(3)29(24,5)39-30)27(36)32(15-7-2)22-13-11-21(31)12-14-22/h6-7,11-14,19-20,23-25,34H,1-2,8-10,15-18H2,3-5H3/t19?,20-,23+,24+,25?,29-,30?/m1/s1. The van der Waals surface area contributed by atoms with Crippen molar-refractivity contribution in [1.82, 2.24) is 4.90 Å². The van der Waals surface area contributed by atoms with Crippen molar-refractivity contribution in [1.29, 1.82) is 0 Å². The SMILES string of the molecule is C=CCCCCOC(=O)[C@@H]1[C@H]2C(=O)N([C@H](C)CO)C(C(=O)N(CC=C)c3ccc(Cl)cc3)C23CC(C)[C@@]1(C)O3. The lowest BCUT2D eigenvalue weighted by molar-refractivity contribution is -0.162. The van der Waals surface area contributed by atoms with E-state index in [4.69, 9.17) is 21.1 Å². The second-order valence-corrected chi connectivity index (χ2v) is 11.6. The van der Waals surface area contributed by atoms with Crippen LogP contribution in [0.15, 0.2) is 49.6 Å². The van der Waals surface area contributed by atoms with Crippen LogP contribution in [0.25, 0.3) is 0 Å². The van der Waals surface area contributed by atoms with E-state index < -0.39 is 41.1 Å². The molecule has 1 aromatic rings. The number of hydrogen-bond acceptors (Lipinski definition) is 6. The molecule has 3 aliphatic heterocycles. The predicted molar refractivity (Wildman–Crippen MR) is 149 cm³/mol. The number of rotatable bonds is 12. The molecule has 1 aromatic carbocycles. The van der Waals surface area contributed by atoms with Crippen molar-refractivity contribution in [3.05, 3.63) is 54.6 Å². The minimum Gasteiger partial charge on any atom is -0.465 e. The van der Waals surface area contributed by atoms with E-state index in [9.17, 15) is 19.5 Å². The van der Waals surface area contributed by atoms with Crippen LogP contribution in [-0.4, -0.2) is 70.8 Å². The third kappa shape index (κ3) is 4.81. The fraction of sp³-hybridized carbons (Fsp3) is 0.567. The number of aliphatic hydroxyl groups excluding tert-OH is 1. The number of amides is 2. The molecule has 0 radical (unpaired) electrons. The number of likely N-dealkylation sites (tertiary alicyclic amines) is 1. The number of carbonyl (C=O) groups excluding carboxylic acids is 3.